The van der Waals surface area contributed by atoms with Gasteiger partial charge in [-0.1, -0.05) is 60.7 Å². The molecule has 4 nitrogen and oxygen atoms in total. The minimum Gasteiger partial charge on any atom is -0.493 e. The van der Waals surface area contributed by atoms with Crippen LogP contribution in [0, 0.1) is 0 Å². The van der Waals surface area contributed by atoms with Gasteiger partial charge < -0.3 is 15.2 Å². The number of aromatic nitrogens is 1. The van der Waals surface area contributed by atoms with Crippen molar-refractivity contribution in [2.75, 3.05) is 20.0 Å². The predicted octanol–water partition coefficient (Wildman–Crippen LogP) is 6.84. The molecule has 1 aromatic heterocycles. The number of anilines is 1. The Hall–Kier alpha value is -4.31. The highest BCUT2D eigenvalue weighted by Crippen LogP contribution is 2.38. The molecule has 0 aliphatic heterocycles. The van der Waals surface area contributed by atoms with E-state index in [9.17, 15) is 0 Å². The fraction of sp³-hybridized carbons (Fsp3) is 0.0690. The smallest absolute Gasteiger partial charge is 0.162 e. The summed E-state index contributed by atoms with van der Waals surface area (Å²) in [4.78, 5) is 4.68. The van der Waals surface area contributed by atoms with Crippen molar-refractivity contribution in [2.45, 2.75) is 0 Å². The highest BCUT2D eigenvalue weighted by atomic mass is 16.5. The second-order valence-corrected chi connectivity index (χ2v) is 7.85. The van der Waals surface area contributed by atoms with E-state index in [1.54, 1.807) is 14.2 Å². The summed E-state index contributed by atoms with van der Waals surface area (Å²) in [6.45, 7) is 0. The molecule has 4 heteroatoms. The lowest BCUT2D eigenvalue weighted by Gasteiger charge is -2.14. The number of nitrogen functional groups attached to an aromatic ring is 1. The Balaban J connectivity index is 1.73. The molecule has 1 heterocycles. The molecule has 5 aromatic rings. The lowest BCUT2D eigenvalue weighted by molar-refractivity contribution is 0.356. The van der Waals surface area contributed by atoms with Gasteiger partial charge in [0.05, 0.1) is 19.7 Å². The summed E-state index contributed by atoms with van der Waals surface area (Å²) in [6.07, 6.45) is 0. The van der Waals surface area contributed by atoms with Crippen LogP contribution in [0.2, 0.25) is 0 Å². The van der Waals surface area contributed by atoms with Crippen LogP contribution in [0.15, 0.2) is 97.1 Å². The highest BCUT2D eigenvalue weighted by molar-refractivity contribution is 5.92. The van der Waals surface area contributed by atoms with Crippen molar-refractivity contribution in [3.63, 3.8) is 0 Å². The topological polar surface area (TPSA) is 57.4 Å². The summed E-state index contributed by atoms with van der Waals surface area (Å²) < 4.78 is 10.9. The Kier molecular flexibility index (Phi) is 5.41. The van der Waals surface area contributed by atoms with E-state index < -0.39 is 0 Å². The average Bonchev–Trinajstić information content (AvgIpc) is 2.88. The maximum Gasteiger partial charge on any atom is 0.162 e. The molecule has 0 fully saturated rings. The van der Waals surface area contributed by atoms with Gasteiger partial charge in [-0.25, -0.2) is 4.98 Å². The number of ether oxygens (including phenoxy) is 2. The minimum absolute atomic E-state index is 0.471. The number of pyridine rings is 1. The number of hydrogen-bond acceptors (Lipinski definition) is 4. The van der Waals surface area contributed by atoms with Gasteiger partial charge in [0.15, 0.2) is 11.5 Å². The van der Waals surface area contributed by atoms with Crippen LogP contribution in [0.5, 0.6) is 11.5 Å². The highest BCUT2D eigenvalue weighted by Gasteiger charge is 2.14. The van der Waals surface area contributed by atoms with Crippen LogP contribution >= 0.6 is 0 Å². The lowest BCUT2D eigenvalue weighted by atomic mass is 9.93. The molecule has 2 N–H and O–H groups in total. The molecular formula is C29H24N2O2. The largest absolute Gasteiger partial charge is 0.493 e. The van der Waals surface area contributed by atoms with E-state index in [0.717, 1.165) is 44.3 Å². The Bertz CT molecular complexity index is 1370. The normalized spacial score (nSPS) is 10.8. The number of nitrogens with two attached hydrogens (primary N) is 1. The molecule has 5 rings (SSSR count). The van der Waals surface area contributed by atoms with Gasteiger partial charge in [0.2, 0.25) is 0 Å². The van der Waals surface area contributed by atoms with Crippen LogP contribution in [0.25, 0.3) is 44.3 Å². The third-order valence-electron chi connectivity index (χ3n) is 5.81. The number of nitrogens with zero attached hydrogens (tertiary/aromatic N) is 1. The fourth-order valence-electron chi connectivity index (χ4n) is 4.12. The summed E-state index contributed by atoms with van der Waals surface area (Å²) in [5.74, 6) is 1.76. The second kappa shape index (κ2) is 8.67. The molecule has 0 spiro atoms. The van der Waals surface area contributed by atoms with Gasteiger partial charge in [0.1, 0.15) is 5.82 Å². The van der Waals surface area contributed by atoms with E-state index in [-0.39, 0.29) is 0 Å². The number of fused-ring (bicyclic) bond motifs is 1. The van der Waals surface area contributed by atoms with E-state index in [2.05, 4.69) is 77.8 Å². The quantitative estimate of drug-likeness (QED) is 0.330. The summed E-state index contributed by atoms with van der Waals surface area (Å²) in [7, 11) is 3.24. The van der Waals surface area contributed by atoms with Crippen LogP contribution in [0.1, 0.15) is 0 Å². The fourth-order valence-corrected chi connectivity index (χ4v) is 4.12. The van der Waals surface area contributed by atoms with Crippen LogP contribution in [0.4, 0.5) is 5.82 Å². The monoisotopic (exact) mass is 432 g/mol. The van der Waals surface area contributed by atoms with Crippen molar-refractivity contribution in [3.05, 3.63) is 97.1 Å². The van der Waals surface area contributed by atoms with Gasteiger partial charge in [0, 0.05) is 17.0 Å². The minimum atomic E-state index is 0.471. The molecule has 0 radical (unpaired) electrons. The molecule has 162 valence electrons. The van der Waals surface area contributed by atoms with E-state index >= 15 is 0 Å². The number of methoxy groups -OCH3 is 2. The molecular weight excluding hydrogens is 408 g/mol. The molecule has 0 bridgehead atoms. The Morgan fingerprint density at radius 1 is 0.576 bits per heavy atom. The van der Waals surface area contributed by atoms with Crippen molar-refractivity contribution >= 4 is 16.7 Å². The van der Waals surface area contributed by atoms with Gasteiger partial charge in [-0.05, 0) is 58.1 Å². The Morgan fingerprint density at radius 2 is 1.09 bits per heavy atom. The molecule has 33 heavy (non-hydrogen) atoms. The number of hydrogen-bond donors (Lipinski definition) is 1. The average molecular weight is 433 g/mol. The maximum absolute atomic E-state index is 6.48. The lowest BCUT2D eigenvalue weighted by Crippen LogP contribution is -1.97. The zero-order valence-corrected chi connectivity index (χ0v) is 18.6. The van der Waals surface area contributed by atoms with Gasteiger partial charge >= 0.3 is 0 Å². The Labute approximate surface area is 193 Å². The van der Waals surface area contributed by atoms with Gasteiger partial charge in [0.25, 0.3) is 0 Å². The molecule has 0 atom stereocenters. The maximum atomic E-state index is 6.48. The molecule has 0 amide bonds. The third-order valence-corrected chi connectivity index (χ3v) is 5.81. The first-order valence-electron chi connectivity index (χ1n) is 10.7. The second-order valence-electron chi connectivity index (χ2n) is 7.85. The van der Waals surface area contributed by atoms with Gasteiger partial charge in [-0.3, -0.25) is 0 Å². The summed E-state index contributed by atoms with van der Waals surface area (Å²) in [5, 5.41) is 0.934. The van der Waals surface area contributed by atoms with Gasteiger partial charge in [-0.15, -0.1) is 0 Å². The van der Waals surface area contributed by atoms with E-state index in [1.807, 2.05) is 24.3 Å². The first kappa shape index (κ1) is 20.6. The van der Waals surface area contributed by atoms with Crippen molar-refractivity contribution in [1.29, 1.82) is 0 Å². The standard InChI is InChI=1S/C29H24N2O2/c1-32-27-17-24-16-25(29(30)31-26(24)18-28(27)33-2)23-14-21(19-9-5-3-6-10-19)13-22(15-23)20-11-7-4-8-12-20/h3-18H,1-2H3,(H2,30,31). The molecule has 0 saturated carbocycles. The zero-order valence-electron chi connectivity index (χ0n) is 18.6. The first-order chi connectivity index (χ1) is 16.2. The van der Waals surface area contributed by atoms with Gasteiger partial charge in [-0.2, -0.15) is 0 Å². The SMILES string of the molecule is COc1cc2cc(-c3cc(-c4ccccc4)cc(-c4ccccc4)c3)c(N)nc2cc1OC. The molecule has 0 saturated heterocycles. The van der Waals surface area contributed by atoms with Crippen molar-refractivity contribution in [3.8, 4) is 44.9 Å². The molecule has 0 aliphatic rings. The predicted molar refractivity (Wildman–Crippen MR) is 136 cm³/mol. The summed E-state index contributed by atoms with van der Waals surface area (Å²) in [5.41, 5.74) is 13.7. The van der Waals surface area contributed by atoms with Crippen LogP contribution < -0.4 is 15.2 Å². The van der Waals surface area contributed by atoms with E-state index in [0.29, 0.717) is 17.3 Å². The molecule has 0 unspecified atom stereocenters. The molecule has 0 aliphatic carbocycles. The summed E-state index contributed by atoms with van der Waals surface area (Å²) >= 11 is 0. The Morgan fingerprint density at radius 3 is 1.64 bits per heavy atom. The van der Waals surface area contributed by atoms with E-state index in [4.69, 9.17) is 15.2 Å². The number of rotatable bonds is 5. The first-order valence-corrected chi connectivity index (χ1v) is 10.7. The zero-order chi connectivity index (χ0) is 22.8. The van der Waals surface area contributed by atoms with E-state index in [1.165, 1.54) is 0 Å². The van der Waals surface area contributed by atoms with Crippen LogP contribution in [-0.4, -0.2) is 19.2 Å². The van der Waals surface area contributed by atoms with Crippen molar-refractivity contribution in [2.24, 2.45) is 0 Å². The van der Waals surface area contributed by atoms with Crippen molar-refractivity contribution in [1.82, 2.24) is 4.98 Å². The van der Waals surface area contributed by atoms with Crippen LogP contribution in [-0.2, 0) is 0 Å². The number of benzene rings is 4. The third kappa shape index (κ3) is 3.99. The summed E-state index contributed by atoms with van der Waals surface area (Å²) in [6, 6.07) is 33.1. The van der Waals surface area contributed by atoms with Crippen molar-refractivity contribution < 1.29 is 9.47 Å². The molecule has 4 aromatic carbocycles. The van der Waals surface area contributed by atoms with Crippen LogP contribution in [0.3, 0.4) is 0 Å².